The molecular formula is C11H13NO2. The molecule has 0 radical (unpaired) electrons. The molecule has 3 nitrogen and oxygen atoms in total. The van der Waals surface area contributed by atoms with Gasteiger partial charge in [0.15, 0.2) is 5.78 Å². The van der Waals surface area contributed by atoms with E-state index in [2.05, 4.69) is 5.32 Å². The quantitative estimate of drug-likeness (QED) is 0.731. The van der Waals surface area contributed by atoms with Gasteiger partial charge in [-0.15, -0.1) is 0 Å². The monoisotopic (exact) mass is 191 g/mol. The molecule has 0 bridgehead atoms. The highest BCUT2D eigenvalue weighted by Crippen LogP contribution is 2.33. The lowest BCUT2D eigenvalue weighted by molar-refractivity contribution is -0.117. The van der Waals surface area contributed by atoms with Gasteiger partial charge in [-0.25, -0.2) is 0 Å². The van der Waals surface area contributed by atoms with Gasteiger partial charge in [0.25, 0.3) is 0 Å². The van der Waals surface area contributed by atoms with E-state index >= 15 is 0 Å². The fourth-order valence-corrected chi connectivity index (χ4v) is 1.77. The van der Waals surface area contributed by atoms with E-state index in [-0.39, 0.29) is 5.78 Å². The van der Waals surface area contributed by atoms with Crippen LogP contribution in [0.2, 0.25) is 0 Å². The van der Waals surface area contributed by atoms with Crippen LogP contribution in [-0.4, -0.2) is 19.4 Å². The van der Waals surface area contributed by atoms with Crippen LogP contribution in [0.5, 0.6) is 5.75 Å². The number of nitrogens with one attached hydrogen (secondary N) is 1. The van der Waals surface area contributed by atoms with E-state index in [4.69, 9.17) is 4.74 Å². The summed E-state index contributed by atoms with van der Waals surface area (Å²) in [6.45, 7) is 2.42. The van der Waals surface area contributed by atoms with Crippen LogP contribution in [-0.2, 0) is 11.2 Å². The molecule has 1 N–H and O–H groups in total. The van der Waals surface area contributed by atoms with Gasteiger partial charge >= 0.3 is 0 Å². The van der Waals surface area contributed by atoms with Gasteiger partial charge in [0.05, 0.1) is 19.3 Å². The second-order valence-corrected chi connectivity index (χ2v) is 3.51. The maximum Gasteiger partial charge on any atom is 0.156 e. The van der Waals surface area contributed by atoms with Crippen LogP contribution in [0.3, 0.4) is 0 Å². The molecule has 2 rings (SSSR count). The number of anilines is 1. The van der Waals surface area contributed by atoms with Crippen LogP contribution in [0, 0.1) is 6.92 Å². The smallest absolute Gasteiger partial charge is 0.156 e. The molecule has 0 fully saturated rings. The predicted octanol–water partition coefficient (Wildman–Crippen LogP) is 1.54. The fraction of sp³-hybridized carbons (Fsp3) is 0.364. The van der Waals surface area contributed by atoms with Crippen molar-refractivity contribution in [3.05, 3.63) is 23.3 Å². The Hall–Kier alpha value is -1.51. The average molecular weight is 191 g/mol. The number of carbonyl (C=O) groups is 1. The summed E-state index contributed by atoms with van der Waals surface area (Å²) in [5, 5.41) is 3.10. The molecule has 1 aromatic carbocycles. The highest BCUT2D eigenvalue weighted by Gasteiger charge is 2.19. The molecule has 14 heavy (non-hydrogen) atoms. The van der Waals surface area contributed by atoms with Crippen LogP contribution in [0.1, 0.15) is 11.1 Å². The molecule has 0 aromatic heterocycles. The Bertz CT molecular complexity index is 385. The molecule has 0 spiro atoms. The van der Waals surface area contributed by atoms with Gasteiger partial charge in [-0.05, 0) is 24.1 Å². The van der Waals surface area contributed by atoms with E-state index in [0.717, 1.165) is 22.6 Å². The molecule has 1 aliphatic rings. The number of benzene rings is 1. The average Bonchev–Trinajstić information content (AvgIpc) is 2.19. The lowest BCUT2D eigenvalue weighted by Gasteiger charge is -2.21. The Balaban J connectivity index is 2.54. The summed E-state index contributed by atoms with van der Waals surface area (Å²) in [6, 6.07) is 3.91. The number of carbonyl (C=O) groups excluding carboxylic acids is 1. The second-order valence-electron chi connectivity index (χ2n) is 3.51. The molecule has 0 saturated carbocycles. The SMILES string of the molecule is COc1ccc(C)c2c1NCC(=O)C2. The summed E-state index contributed by atoms with van der Waals surface area (Å²) >= 11 is 0. The van der Waals surface area contributed by atoms with Crippen molar-refractivity contribution in [2.24, 2.45) is 0 Å². The minimum absolute atomic E-state index is 0.230. The molecule has 0 atom stereocenters. The molecule has 1 aromatic rings. The number of rotatable bonds is 1. The van der Waals surface area contributed by atoms with Crippen molar-refractivity contribution in [3.8, 4) is 5.75 Å². The van der Waals surface area contributed by atoms with E-state index in [0.29, 0.717) is 13.0 Å². The topological polar surface area (TPSA) is 38.3 Å². The summed E-state index contributed by atoms with van der Waals surface area (Å²) in [7, 11) is 1.64. The molecule has 0 amide bonds. The van der Waals surface area contributed by atoms with E-state index in [9.17, 15) is 4.79 Å². The minimum Gasteiger partial charge on any atom is -0.495 e. The lowest BCUT2D eigenvalue weighted by Crippen LogP contribution is -2.23. The minimum atomic E-state index is 0.230. The number of Topliss-reactive ketones (excluding diaryl/α,β-unsaturated/α-hetero) is 1. The molecule has 1 aliphatic heterocycles. The van der Waals surface area contributed by atoms with Crippen molar-refractivity contribution >= 4 is 11.5 Å². The number of hydrogen-bond acceptors (Lipinski definition) is 3. The van der Waals surface area contributed by atoms with E-state index < -0.39 is 0 Å². The number of aryl methyl sites for hydroxylation is 1. The number of ketones is 1. The normalized spacial score (nSPS) is 14.6. The van der Waals surface area contributed by atoms with Gasteiger partial charge in [0.2, 0.25) is 0 Å². The number of fused-ring (bicyclic) bond motifs is 1. The number of methoxy groups -OCH3 is 1. The first-order chi connectivity index (χ1) is 6.72. The van der Waals surface area contributed by atoms with Gasteiger partial charge in [-0.1, -0.05) is 6.07 Å². The third kappa shape index (κ3) is 1.35. The van der Waals surface area contributed by atoms with Crippen LogP contribution in [0.25, 0.3) is 0 Å². The van der Waals surface area contributed by atoms with Crippen molar-refractivity contribution in [1.29, 1.82) is 0 Å². The fourth-order valence-electron chi connectivity index (χ4n) is 1.77. The van der Waals surface area contributed by atoms with Gasteiger partial charge in [-0.3, -0.25) is 4.79 Å². The first-order valence-electron chi connectivity index (χ1n) is 4.64. The largest absolute Gasteiger partial charge is 0.495 e. The molecule has 3 heteroatoms. The van der Waals surface area contributed by atoms with Gasteiger partial charge in [0, 0.05) is 6.42 Å². The summed E-state index contributed by atoms with van der Waals surface area (Å²) in [4.78, 5) is 11.3. The lowest BCUT2D eigenvalue weighted by atomic mass is 9.97. The van der Waals surface area contributed by atoms with Gasteiger partial charge < -0.3 is 10.1 Å². The zero-order valence-electron chi connectivity index (χ0n) is 8.39. The zero-order chi connectivity index (χ0) is 10.1. The molecule has 0 aliphatic carbocycles. The predicted molar refractivity (Wildman–Crippen MR) is 54.9 cm³/mol. The van der Waals surface area contributed by atoms with Crippen LogP contribution in [0.4, 0.5) is 5.69 Å². The van der Waals surface area contributed by atoms with Gasteiger partial charge in [0.1, 0.15) is 5.75 Å². The molecular weight excluding hydrogens is 178 g/mol. The molecule has 74 valence electrons. The Kier molecular flexibility index (Phi) is 2.15. The molecule has 0 saturated heterocycles. The summed E-state index contributed by atoms with van der Waals surface area (Å²) in [6.07, 6.45) is 0.519. The number of ether oxygens (including phenoxy) is 1. The Labute approximate surface area is 83.1 Å². The van der Waals surface area contributed by atoms with Crippen molar-refractivity contribution in [2.45, 2.75) is 13.3 Å². The Morgan fingerprint density at radius 1 is 1.43 bits per heavy atom. The van der Waals surface area contributed by atoms with Crippen molar-refractivity contribution < 1.29 is 9.53 Å². The highest BCUT2D eigenvalue weighted by atomic mass is 16.5. The zero-order valence-corrected chi connectivity index (χ0v) is 8.39. The van der Waals surface area contributed by atoms with E-state index in [1.54, 1.807) is 7.11 Å². The van der Waals surface area contributed by atoms with Crippen molar-refractivity contribution in [1.82, 2.24) is 0 Å². The van der Waals surface area contributed by atoms with E-state index in [1.807, 2.05) is 19.1 Å². The maximum absolute atomic E-state index is 11.3. The van der Waals surface area contributed by atoms with Crippen molar-refractivity contribution in [2.75, 3.05) is 19.0 Å². The summed E-state index contributed by atoms with van der Waals surface area (Å²) in [5.74, 6) is 1.05. The highest BCUT2D eigenvalue weighted by molar-refractivity contribution is 5.91. The first kappa shape index (κ1) is 9.06. The standard InChI is InChI=1S/C11H13NO2/c1-7-3-4-10(14-2)11-9(7)5-8(13)6-12-11/h3-4,12H,5-6H2,1-2H3. The van der Waals surface area contributed by atoms with Crippen LogP contribution >= 0.6 is 0 Å². The van der Waals surface area contributed by atoms with Crippen molar-refractivity contribution in [3.63, 3.8) is 0 Å². The maximum atomic E-state index is 11.3. The second kappa shape index (κ2) is 3.33. The third-order valence-corrected chi connectivity index (χ3v) is 2.57. The number of hydrogen-bond donors (Lipinski definition) is 1. The summed E-state index contributed by atoms with van der Waals surface area (Å²) < 4.78 is 5.23. The third-order valence-electron chi connectivity index (χ3n) is 2.57. The van der Waals surface area contributed by atoms with E-state index in [1.165, 1.54) is 0 Å². The Morgan fingerprint density at radius 2 is 2.21 bits per heavy atom. The van der Waals surface area contributed by atoms with Gasteiger partial charge in [-0.2, -0.15) is 0 Å². The van der Waals surface area contributed by atoms with Crippen LogP contribution < -0.4 is 10.1 Å². The summed E-state index contributed by atoms with van der Waals surface area (Å²) in [5.41, 5.74) is 3.19. The van der Waals surface area contributed by atoms with Crippen LogP contribution in [0.15, 0.2) is 12.1 Å². The molecule has 1 heterocycles. The Morgan fingerprint density at radius 3 is 2.93 bits per heavy atom. The first-order valence-corrected chi connectivity index (χ1v) is 4.64. The molecule has 0 unspecified atom stereocenters.